The SMILES string of the molecule is CO[C@@]1(c2ccc3ccccc3c2)C[C@H](OC(C)(C)C)C=C([C@H](C)F)O1. The maximum absolute atomic E-state index is 14.1. The lowest BCUT2D eigenvalue weighted by molar-refractivity contribution is -0.245. The molecule has 2 aromatic carbocycles. The average molecular weight is 358 g/mol. The smallest absolute Gasteiger partial charge is 0.239 e. The van der Waals surface area contributed by atoms with Gasteiger partial charge in [-0.3, -0.25) is 0 Å². The van der Waals surface area contributed by atoms with Crippen LogP contribution in [0.15, 0.2) is 54.3 Å². The topological polar surface area (TPSA) is 27.7 Å². The van der Waals surface area contributed by atoms with Gasteiger partial charge in [0.05, 0.1) is 11.7 Å². The molecular weight excluding hydrogens is 331 g/mol. The number of hydrogen-bond acceptors (Lipinski definition) is 3. The highest BCUT2D eigenvalue weighted by molar-refractivity contribution is 5.83. The molecule has 0 unspecified atom stereocenters. The van der Waals surface area contributed by atoms with Crippen molar-refractivity contribution in [1.29, 1.82) is 0 Å². The molecule has 0 aliphatic carbocycles. The highest BCUT2D eigenvalue weighted by atomic mass is 19.1. The summed E-state index contributed by atoms with van der Waals surface area (Å²) in [6, 6.07) is 14.2. The van der Waals surface area contributed by atoms with Gasteiger partial charge >= 0.3 is 0 Å². The van der Waals surface area contributed by atoms with Crippen LogP contribution in [-0.2, 0) is 20.0 Å². The number of halogens is 1. The van der Waals surface area contributed by atoms with E-state index in [0.29, 0.717) is 6.42 Å². The monoisotopic (exact) mass is 358 g/mol. The molecule has 3 atom stereocenters. The number of fused-ring (bicyclic) bond motifs is 1. The summed E-state index contributed by atoms with van der Waals surface area (Å²) in [4.78, 5) is 0. The molecule has 2 aromatic rings. The van der Waals surface area contributed by atoms with Crippen molar-refractivity contribution in [1.82, 2.24) is 0 Å². The van der Waals surface area contributed by atoms with Crippen molar-refractivity contribution in [2.75, 3.05) is 7.11 Å². The Morgan fingerprint density at radius 1 is 1.15 bits per heavy atom. The van der Waals surface area contributed by atoms with Crippen LogP contribution in [-0.4, -0.2) is 25.0 Å². The van der Waals surface area contributed by atoms with E-state index in [1.54, 1.807) is 13.2 Å². The lowest BCUT2D eigenvalue weighted by Gasteiger charge is -2.41. The molecule has 0 saturated carbocycles. The second-order valence-corrected chi connectivity index (χ2v) is 7.78. The van der Waals surface area contributed by atoms with E-state index in [1.807, 2.05) is 57.2 Å². The van der Waals surface area contributed by atoms with E-state index in [4.69, 9.17) is 14.2 Å². The van der Waals surface area contributed by atoms with Crippen LogP contribution in [0.4, 0.5) is 4.39 Å². The lowest BCUT2D eigenvalue weighted by atomic mass is 9.93. The first kappa shape index (κ1) is 18.9. The number of hydrogen-bond donors (Lipinski definition) is 0. The van der Waals surface area contributed by atoms with E-state index in [9.17, 15) is 4.39 Å². The van der Waals surface area contributed by atoms with Gasteiger partial charge in [0.25, 0.3) is 0 Å². The summed E-state index contributed by atoms with van der Waals surface area (Å²) in [5.41, 5.74) is 0.499. The first-order valence-corrected chi connectivity index (χ1v) is 8.99. The van der Waals surface area contributed by atoms with Gasteiger partial charge in [0.1, 0.15) is 5.76 Å². The predicted molar refractivity (Wildman–Crippen MR) is 102 cm³/mol. The fraction of sp³-hybridized carbons (Fsp3) is 0.455. The molecule has 140 valence electrons. The van der Waals surface area contributed by atoms with Gasteiger partial charge in [0, 0.05) is 19.1 Å². The second kappa shape index (κ2) is 7.01. The summed E-state index contributed by atoms with van der Waals surface area (Å²) in [5.74, 6) is -0.829. The molecule has 1 aliphatic rings. The van der Waals surface area contributed by atoms with Crippen molar-refractivity contribution in [3.63, 3.8) is 0 Å². The van der Waals surface area contributed by atoms with Gasteiger partial charge in [-0.25, -0.2) is 4.39 Å². The fourth-order valence-corrected chi connectivity index (χ4v) is 3.36. The van der Waals surface area contributed by atoms with Gasteiger partial charge in [-0.05, 0) is 50.6 Å². The fourth-order valence-electron chi connectivity index (χ4n) is 3.36. The molecule has 3 nitrogen and oxygen atoms in total. The predicted octanol–water partition coefficient (Wildman–Crippen LogP) is 5.48. The summed E-state index contributed by atoms with van der Waals surface area (Å²) in [7, 11) is 1.59. The van der Waals surface area contributed by atoms with E-state index < -0.39 is 12.0 Å². The third-order valence-corrected chi connectivity index (χ3v) is 4.52. The number of allylic oxidation sites excluding steroid dienone is 1. The Balaban J connectivity index is 2.04. The molecule has 1 heterocycles. The number of methoxy groups -OCH3 is 1. The van der Waals surface area contributed by atoms with Gasteiger partial charge in [-0.1, -0.05) is 36.4 Å². The van der Waals surface area contributed by atoms with Crippen molar-refractivity contribution in [2.45, 2.75) is 57.8 Å². The van der Waals surface area contributed by atoms with Gasteiger partial charge in [-0.2, -0.15) is 0 Å². The quantitative estimate of drug-likeness (QED) is 0.724. The zero-order chi connectivity index (χ0) is 18.9. The molecule has 1 aliphatic heterocycles. The van der Waals surface area contributed by atoms with Gasteiger partial charge in [0.2, 0.25) is 5.79 Å². The maximum Gasteiger partial charge on any atom is 0.239 e. The normalized spacial score (nSPS) is 24.8. The molecule has 3 rings (SSSR count). The highest BCUT2D eigenvalue weighted by Crippen LogP contribution is 2.41. The molecule has 0 bridgehead atoms. The minimum Gasteiger partial charge on any atom is -0.459 e. The Bertz CT molecular complexity index is 806. The summed E-state index contributed by atoms with van der Waals surface area (Å²) in [6.07, 6.45) is 0.642. The van der Waals surface area contributed by atoms with Crippen LogP contribution in [0.1, 0.15) is 39.7 Å². The van der Waals surface area contributed by atoms with E-state index in [0.717, 1.165) is 16.3 Å². The molecule has 4 heteroatoms. The van der Waals surface area contributed by atoms with E-state index >= 15 is 0 Å². The summed E-state index contributed by atoms with van der Waals surface area (Å²) >= 11 is 0. The Kier molecular flexibility index (Phi) is 5.09. The van der Waals surface area contributed by atoms with E-state index in [2.05, 4.69) is 6.07 Å². The van der Waals surface area contributed by atoms with Gasteiger partial charge < -0.3 is 14.2 Å². The molecule has 0 aromatic heterocycles. The van der Waals surface area contributed by atoms with Crippen molar-refractivity contribution in [3.8, 4) is 0 Å². The van der Waals surface area contributed by atoms with Gasteiger partial charge in [0.15, 0.2) is 6.17 Å². The highest BCUT2D eigenvalue weighted by Gasteiger charge is 2.43. The van der Waals surface area contributed by atoms with E-state index in [-0.39, 0.29) is 17.5 Å². The third-order valence-electron chi connectivity index (χ3n) is 4.52. The Labute approximate surface area is 154 Å². The Hall–Kier alpha value is -1.91. The second-order valence-electron chi connectivity index (χ2n) is 7.78. The summed E-state index contributed by atoms with van der Waals surface area (Å²) in [5, 5.41) is 2.22. The number of benzene rings is 2. The van der Waals surface area contributed by atoms with Crippen LogP contribution >= 0.6 is 0 Å². The molecule has 0 radical (unpaired) electrons. The molecular formula is C22H27FO3. The molecule has 0 saturated heterocycles. The van der Waals surface area contributed by atoms with Crippen LogP contribution < -0.4 is 0 Å². The van der Waals surface area contributed by atoms with Gasteiger partial charge in [-0.15, -0.1) is 0 Å². The molecule has 0 N–H and O–H groups in total. The third kappa shape index (κ3) is 3.92. The lowest BCUT2D eigenvalue weighted by Crippen LogP contribution is -2.42. The molecule has 0 spiro atoms. The minimum atomic E-state index is -1.24. The van der Waals surface area contributed by atoms with Crippen LogP contribution in [0.3, 0.4) is 0 Å². The Morgan fingerprint density at radius 2 is 1.85 bits per heavy atom. The first-order chi connectivity index (χ1) is 12.2. The van der Waals surface area contributed by atoms with Crippen LogP contribution in [0, 0.1) is 0 Å². The number of alkyl halides is 1. The largest absolute Gasteiger partial charge is 0.459 e. The molecule has 26 heavy (non-hydrogen) atoms. The summed E-state index contributed by atoms with van der Waals surface area (Å²) < 4.78 is 32.1. The molecule has 0 fully saturated rings. The van der Waals surface area contributed by atoms with Crippen LogP contribution in [0.25, 0.3) is 10.8 Å². The van der Waals surface area contributed by atoms with Crippen molar-refractivity contribution >= 4 is 10.8 Å². The zero-order valence-corrected chi connectivity index (χ0v) is 16.1. The standard InChI is InChI=1S/C22H27FO3/c1-15(23)20-13-19(25-21(2,3)4)14-22(24-5,26-20)18-11-10-16-8-6-7-9-17(16)12-18/h6-13,15,19H,14H2,1-5H3/t15-,19+,22-/m0/s1. The molecule has 0 amide bonds. The maximum atomic E-state index is 14.1. The zero-order valence-electron chi connectivity index (χ0n) is 16.1. The number of rotatable bonds is 4. The van der Waals surface area contributed by atoms with E-state index in [1.165, 1.54) is 6.92 Å². The minimum absolute atomic E-state index is 0.250. The van der Waals surface area contributed by atoms with Crippen molar-refractivity contribution in [2.24, 2.45) is 0 Å². The van der Waals surface area contributed by atoms with Crippen molar-refractivity contribution in [3.05, 3.63) is 59.9 Å². The van der Waals surface area contributed by atoms with Crippen LogP contribution in [0.5, 0.6) is 0 Å². The van der Waals surface area contributed by atoms with Crippen molar-refractivity contribution < 1.29 is 18.6 Å². The summed E-state index contributed by atoms with van der Waals surface area (Å²) in [6.45, 7) is 7.42. The number of ether oxygens (including phenoxy) is 3. The first-order valence-electron chi connectivity index (χ1n) is 8.99. The van der Waals surface area contributed by atoms with Crippen LogP contribution in [0.2, 0.25) is 0 Å². The Morgan fingerprint density at radius 3 is 2.46 bits per heavy atom. The average Bonchev–Trinajstić information content (AvgIpc) is 2.59.